The maximum atomic E-state index is 12.4. The molecule has 1 unspecified atom stereocenters. The Labute approximate surface area is 176 Å². The molecule has 0 saturated carbocycles. The highest BCUT2D eigenvalue weighted by Gasteiger charge is 2.21. The van der Waals surface area contributed by atoms with E-state index in [0.717, 1.165) is 0 Å². The predicted molar refractivity (Wildman–Crippen MR) is 106 cm³/mol. The van der Waals surface area contributed by atoms with E-state index in [0.29, 0.717) is 18.1 Å². The van der Waals surface area contributed by atoms with Crippen LogP contribution in [0, 0.1) is 0 Å². The average Bonchev–Trinajstić information content (AvgIpc) is 2.69. The number of rotatable bonds is 9. The summed E-state index contributed by atoms with van der Waals surface area (Å²) in [6.07, 6.45) is -1.15. The number of alkyl halides is 2. The third-order valence-corrected chi connectivity index (χ3v) is 4.06. The highest BCUT2D eigenvalue weighted by atomic mass is 35.5. The third-order valence-electron chi connectivity index (χ3n) is 3.77. The summed E-state index contributed by atoms with van der Waals surface area (Å²) in [7, 11) is 1.47. The monoisotopic (exact) mass is 443 g/mol. The van der Waals surface area contributed by atoms with Crippen LogP contribution >= 0.6 is 11.6 Å². The van der Waals surface area contributed by atoms with Gasteiger partial charge in [-0.25, -0.2) is 4.79 Å². The molecule has 0 aliphatic rings. The molecule has 162 valence electrons. The number of ether oxygens (including phenoxy) is 4. The van der Waals surface area contributed by atoms with E-state index in [1.807, 2.05) is 0 Å². The van der Waals surface area contributed by atoms with Crippen LogP contribution in [0.1, 0.15) is 24.2 Å². The molecule has 10 heteroatoms. The number of hydrogen-bond acceptors (Lipinski definition) is 6. The quantitative estimate of drug-likeness (QED) is 0.573. The third kappa shape index (κ3) is 6.21. The summed E-state index contributed by atoms with van der Waals surface area (Å²) in [5.74, 6) is -0.781. The number of carbonyl (C=O) groups excluding carboxylic acids is 2. The number of carbonyl (C=O) groups is 2. The van der Waals surface area contributed by atoms with Crippen LogP contribution in [0.2, 0.25) is 5.02 Å². The van der Waals surface area contributed by atoms with E-state index in [4.69, 9.17) is 25.8 Å². The van der Waals surface area contributed by atoms with Crippen molar-refractivity contribution in [2.45, 2.75) is 26.6 Å². The van der Waals surface area contributed by atoms with Gasteiger partial charge in [0.1, 0.15) is 5.75 Å². The van der Waals surface area contributed by atoms with Gasteiger partial charge in [-0.3, -0.25) is 4.79 Å². The molecule has 30 heavy (non-hydrogen) atoms. The van der Waals surface area contributed by atoms with Crippen molar-refractivity contribution >= 4 is 29.2 Å². The number of halogens is 3. The molecule has 0 heterocycles. The average molecular weight is 444 g/mol. The molecular formula is C20H20ClF2NO6. The van der Waals surface area contributed by atoms with Crippen LogP contribution in [0.25, 0.3) is 0 Å². The molecule has 2 aromatic rings. The molecule has 2 aromatic carbocycles. The van der Waals surface area contributed by atoms with E-state index < -0.39 is 24.6 Å². The molecule has 0 saturated heterocycles. The van der Waals surface area contributed by atoms with Crippen LogP contribution < -0.4 is 19.5 Å². The van der Waals surface area contributed by atoms with Crippen molar-refractivity contribution in [2.75, 3.05) is 19.0 Å². The first-order chi connectivity index (χ1) is 14.2. The van der Waals surface area contributed by atoms with Crippen LogP contribution in [-0.2, 0) is 9.53 Å². The van der Waals surface area contributed by atoms with Crippen LogP contribution in [0.15, 0.2) is 36.4 Å². The summed E-state index contributed by atoms with van der Waals surface area (Å²) < 4.78 is 44.5. The van der Waals surface area contributed by atoms with E-state index in [2.05, 4.69) is 10.1 Å². The fourth-order valence-electron chi connectivity index (χ4n) is 2.37. The summed E-state index contributed by atoms with van der Waals surface area (Å²) in [6.45, 7) is 0.520. The van der Waals surface area contributed by atoms with Gasteiger partial charge < -0.3 is 24.3 Å². The van der Waals surface area contributed by atoms with Gasteiger partial charge in [0, 0.05) is 5.69 Å². The lowest BCUT2D eigenvalue weighted by Crippen LogP contribution is -2.30. The number of esters is 1. The summed E-state index contributed by atoms with van der Waals surface area (Å²) in [4.78, 5) is 24.7. The van der Waals surface area contributed by atoms with Crippen LogP contribution in [-0.4, -0.2) is 38.3 Å². The Balaban J connectivity index is 2.02. The Hall–Kier alpha value is -3.07. The molecule has 1 atom stereocenters. The van der Waals surface area contributed by atoms with Gasteiger partial charge in [-0.1, -0.05) is 11.6 Å². The Morgan fingerprint density at radius 1 is 1.10 bits per heavy atom. The number of benzene rings is 2. The van der Waals surface area contributed by atoms with E-state index in [1.54, 1.807) is 13.0 Å². The highest BCUT2D eigenvalue weighted by Crippen LogP contribution is 2.30. The van der Waals surface area contributed by atoms with Crippen molar-refractivity contribution in [2.24, 2.45) is 0 Å². The Morgan fingerprint density at radius 3 is 2.40 bits per heavy atom. The zero-order valence-corrected chi connectivity index (χ0v) is 17.2. The molecule has 1 N–H and O–H groups in total. The van der Waals surface area contributed by atoms with Gasteiger partial charge in [-0.15, -0.1) is 0 Å². The second-order valence-corrected chi connectivity index (χ2v) is 6.27. The first-order valence-electron chi connectivity index (χ1n) is 8.82. The SMILES string of the molecule is CCOc1cc(C(=O)OC(C)C(=O)Nc2ccc(OC(F)F)c(Cl)c2)ccc1OC. The van der Waals surface area contributed by atoms with Crippen molar-refractivity contribution in [1.82, 2.24) is 0 Å². The van der Waals surface area contributed by atoms with Gasteiger partial charge in [0.2, 0.25) is 0 Å². The second kappa shape index (κ2) is 10.6. The topological polar surface area (TPSA) is 83.1 Å². The summed E-state index contributed by atoms with van der Waals surface area (Å²) in [5, 5.41) is 2.37. The van der Waals surface area contributed by atoms with Crippen LogP contribution in [0.3, 0.4) is 0 Å². The lowest BCUT2D eigenvalue weighted by atomic mass is 10.2. The fourth-order valence-corrected chi connectivity index (χ4v) is 2.59. The van der Waals surface area contributed by atoms with E-state index in [9.17, 15) is 18.4 Å². The summed E-state index contributed by atoms with van der Waals surface area (Å²) >= 11 is 5.85. The Bertz CT molecular complexity index is 909. The van der Waals surface area contributed by atoms with Crippen LogP contribution in [0.4, 0.5) is 14.5 Å². The minimum absolute atomic E-state index is 0.112. The summed E-state index contributed by atoms with van der Waals surface area (Å²) in [6, 6.07) is 8.24. The zero-order chi connectivity index (χ0) is 22.3. The van der Waals surface area contributed by atoms with Gasteiger partial charge in [-0.2, -0.15) is 8.78 Å². The van der Waals surface area contributed by atoms with Gasteiger partial charge in [-0.05, 0) is 50.2 Å². The Kier molecular flexibility index (Phi) is 8.23. The second-order valence-electron chi connectivity index (χ2n) is 5.86. The highest BCUT2D eigenvalue weighted by molar-refractivity contribution is 6.32. The largest absolute Gasteiger partial charge is 0.493 e. The summed E-state index contributed by atoms with van der Waals surface area (Å²) in [5.41, 5.74) is 0.396. The van der Waals surface area contributed by atoms with Gasteiger partial charge >= 0.3 is 12.6 Å². The van der Waals surface area contributed by atoms with Gasteiger partial charge in [0.15, 0.2) is 17.6 Å². The Morgan fingerprint density at radius 2 is 1.80 bits per heavy atom. The smallest absolute Gasteiger partial charge is 0.387 e. The first-order valence-corrected chi connectivity index (χ1v) is 9.20. The number of nitrogens with one attached hydrogen (secondary N) is 1. The predicted octanol–water partition coefficient (Wildman–Crippen LogP) is 4.53. The van der Waals surface area contributed by atoms with Crippen molar-refractivity contribution in [3.8, 4) is 17.2 Å². The molecular weight excluding hydrogens is 424 g/mol. The molecule has 0 fully saturated rings. The lowest BCUT2D eigenvalue weighted by molar-refractivity contribution is -0.123. The molecule has 2 rings (SSSR count). The van der Waals surface area contributed by atoms with E-state index >= 15 is 0 Å². The van der Waals surface area contributed by atoms with E-state index in [1.165, 1.54) is 44.4 Å². The fraction of sp³-hybridized carbons (Fsp3) is 0.300. The molecule has 0 spiro atoms. The normalized spacial score (nSPS) is 11.6. The standard InChI is InChI=1S/C20H20ClF2NO6/c1-4-28-17-9-12(5-7-16(17)27-3)19(26)29-11(2)18(25)24-13-6-8-15(14(21)10-13)30-20(22)23/h5-11,20H,4H2,1-3H3,(H,24,25). The maximum absolute atomic E-state index is 12.4. The molecule has 0 aliphatic heterocycles. The number of amides is 1. The molecule has 1 amide bonds. The number of anilines is 1. The first kappa shape index (κ1) is 23.2. The molecule has 0 bridgehead atoms. The van der Waals surface area contributed by atoms with Crippen LogP contribution in [0.5, 0.6) is 17.2 Å². The van der Waals surface area contributed by atoms with Crippen molar-refractivity contribution < 1.29 is 37.3 Å². The van der Waals surface area contributed by atoms with Gasteiger partial charge in [0.05, 0.1) is 24.3 Å². The molecule has 0 aliphatic carbocycles. The van der Waals surface area contributed by atoms with Crippen molar-refractivity contribution in [3.63, 3.8) is 0 Å². The van der Waals surface area contributed by atoms with Crippen molar-refractivity contribution in [1.29, 1.82) is 0 Å². The number of hydrogen-bond donors (Lipinski definition) is 1. The minimum Gasteiger partial charge on any atom is -0.493 e. The van der Waals surface area contributed by atoms with Crippen molar-refractivity contribution in [3.05, 3.63) is 47.0 Å². The molecule has 7 nitrogen and oxygen atoms in total. The van der Waals surface area contributed by atoms with E-state index in [-0.39, 0.29) is 22.0 Å². The zero-order valence-electron chi connectivity index (χ0n) is 16.4. The minimum atomic E-state index is -3.02. The van der Waals surface area contributed by atoms with Gasteiger partial charge in [0.25, 0.3) is 5.91 Å². The number of methoxy groups -OCH3 is 1. The lowest BCUT2D eigenvalue weighted by Gasteiger charge is -2.15. The molecule has 0 radical (unpaired) electrons. The molecule has 0 aromatic heterocycles. The maximum Gasteiger partial charge on any atom is 0.387 e.